The first-order valence-electron chi connectivity index (χ1n) is 11.8. The van der Waals surface area contributed by atoms with Crippen molar-refractivity contribution in [1.29, 1.82) is 0 Å². The van der Waals surface area contributed by atoms with Gasteiger partial charge in [0.05, 0.1) is 19.3 Å². The van der Waals surface area contributed by atoms with Gasteiger partial charge >= 0.3 is 5.97 Å². The van der Waals surface area contributed by atoms with Crippen LogP contribution in [0.1, 0.15) is 20.3 Å². The number of nitrogens with one attached hydrogen (secondary N) is 5. The summed E-state index contributed by atoms with van der Waals surface area (Å²) < 4.78 is 0. The van der Waals surface area contributed by atoms with Gasteiger partial charge in [-0.2, -0.15) is 37.9 Å². The third-order valence-electron chi connectivity index (χ3n) is 5.12. The fourth-order valence-electron chi connectivity index (χ4n) is 2.92. The number of aliphatic hydroxyl groups excluding tert-OH is 2. The van der Waals surface area contributed by atoms with Gasteiger partial charge in [0.15, 0.2) is 0 Å². The minimum absolute atomic E-state index is 0.00864. The molecule has 0 saturated heterocycles. The summed E-state index contributed by atoms with van der Waals surface area (Å²) in [5.74, 6) is -6.29. The first-order valence-corrected chi connectivity index (χ1v) is 13.7. The maximum absolute atomic E-state index is 13.0. The third-order valence-corrected chi connectivity index (χ3v) is 6.24. The van der Waals surface area contributed by atoms with Gasteiger partial charge < -0.3 is 47.6 Å². The number of nitrogens with two attached hydrogens (primary N) is 1. The quantitative estimate of drug-likeness (QED) is 0.0661. The number of hydrogen-bond acceptors (Lipinski definition) is 12. The van der Waals surface area contributed by atoms with Gasteiger partial charge in [0.25, 0.3) is 0 Å². The van der Waals surface area contributed by atoms with Crippen LogP contribution >= 0.6 is 37.9 Å². The Morgan fingerprint density at radius 3 is 1.36 bits per heavy atom. The molecule has 39 heavy (non-hydrogen) atoms. The zero-order valence-corrected chi connectivity index (χ0v) is 24.2. The van der Waals surface area contributed by atoms with Gasteiger partial charge in [0.2, 0.25) is 29.5 Å². The Hall–Kier alpha value is -2.25. The lowest BCUT2D eigenvalue weighted by Gasteiger charge is -2.26. The van der Waals surface area contributed by atoms with E-state index in [4.69, 9.17) is 10.8 Å². The number of carboxylic acids is 1. The van der Waals surface area contributed by atoms with Gasteiger partial charge in [-0.25, -0.2) is 4.79 Å². The van der Waals surface area contributed by atoms with Gasteiger partial charge in [0, 0.05) is 17.3 Å². The molecule has 0 aromatic heterocycles. The summed E-state index contributed by atoms with van der Waals surface area (Å²) in [6.45, 7) is 1.88. The van der Waals surface area contributed by atoms with E-state index in [9.17, 15) is 39.0 Å². The second kappa shape index (κ2) is 18.9. The van der Waals surface area contributed by atoms with Crippen LogP contribution in [0, 0.1) is 5.92 Å². The van der Waals surface area contributed by atoms with Crippen molar-refractivity contribution in [2.45, 2.75) is 56.5 Å². The molecule has 0 aliphatic rings. The number of carbonyl (C=O) groups is 6. The van der Waals surface area contributed by atoms with E-state index in [-0.39, 0.29) is 29.6 Å². The number of thiol groups is 3. The van der Waals surface area contributed by atoms with E-state index in [0.29, 0.717) is 0 Å². The Kier molecular flexibility index (Phi) is 17.8. The average Bonchev–Trinajstić information content (AvgIpc) is 2.89. The van der Waals surface area contributed by atoms with E-state index in [2.05, 4.69) is 64.5 Å². The fourth-order valence-corrected chi connectivity index (χ4v) is 3.59. The van der Waals surface area contributed by atoms with Crippen molar-refractivity contribution in [3.63, 3.8) is 0 Å². The highest BCUT2D eigenvalue weighted by Crippen LogP contribution is 2.07. The van der Waals surface area contributed by atoms with Crippen molar-refractivity contribution in [1.82, 2.24) is 26.6 Å². The molecule has 224 valence electrons. The smallest absolute Gasteiger partial charge is 0.327 e. The molecular formula is C21H38N6O9S3. The first kappa shape index (κ1) is 36.8. The highest BCUT2D eigenvalue weighted by molar-refractivity contribution is 7.80. The van der Waals surface area contributed by atoms with Crippen LogP contribution < -0.4 is 32.3 Å². The van der Waals surface area contributed by atoms with Gasteiger partial charge in [-0.15, -0.1) is 0 Å². The van der Waals surface area contributed by atoms with E-state index >= 15 is 0 Å². The van der Waals surface area contributed by atoms with Crippen molar-refractivity contribution in [3.8, 4) is 0 Å². The Bertz CT molecular complexity index is 867. The summed E-state index contributed by atoms with van der Waals surface area (Å²) in [7, 11) is 0. The van der Waals surface area contributed by atoms with Crippen molar-refractivity contribution in [2.24, 2.45) is 11.7 Å². The second-order valence-corrected chi connectivity index (χ2v) is 9.89. The van der Waals surface area contributed by atoms with Gasteiger partial charge in [0.1, 0.15) is 30.2 Å². The molecular weight excluding hydrogens is 576 g/mol. The molecule has 0 bridgehead atoms. The van der Waals surface area contributed by atoms with Crippen LogP contribution in [0.2, 0.25) is 0 Å². The van der Waals surface area contributed by atoms with Gasteiger partial charge in [-0.3, -0.25) is 24.0 Å². The molecule has 0 radical (unpaired) electrons. The van der Waals surface area contributed by atoms with Crippen molar-refractivity contribution >= 4 is 73.4 Å². The minimum atomic E-state index is -1.54. The van der Waals surface area contributed by atoms with E-state index < -0.39 is 85.0 Å². The molecule has 10 N–H and O–H groups in total. The van der Waals surface area contributed by atoms with Crippen LogP contribution in [0.15, 0.2) is 0 Å². The SMILES string of the molecule is CC(C)C[C@H](NC(=O)[C@H](CO)NC(=O)[C@@H](N)CS)C(=O)N[C@@H](CS)C(=O)N[C@@H](CO)C(=O)N[C@@H](CS)C(=O)O. The second-order valence-electron chi connectivity index (χ2n) is 8.79. The number of rotatable bonds is 18. The number of amides is 5. The topological polar surface area (TPSA) is 249 Å². The lowest BCUT2D eigenvalue weighted by atomic mass is 10.0. The highest BCUT2D eigenvalue weighted by atomic mass is 32.1. The molecule has 5 amide bonds. The van der Waals surface area contributed by atoms with E-state index in [1.54, 1.807) is 13.8 Å². The van der Waals surface area contributed by atoms with Gasteiger partial charge in [-0.1, -0.05) is 13.8 Å². The Morgan fingerprint density at radius 2 is 0.974 bits per heavy atom. The lowest BCUT2D eigenvalue weighted by molar-refractivity contribution is -0.142. The van der Waals surface area contributed by atoms with Crippen molar-refractivity contribution in [3.05, 3.63) is 0 Å². The van der Waals surface area contributed by atoms with Gasteiger partial charge in [-0.05, 0) is 12.3 Å². The zero-order chi connectivity index (χ0) is 30.3. The van der Waals surface area contributed by atoms with E-state index in [1.165, 1.54) is 0 Å². The molecule has 0 heterocycles. The molecule has 15 nitrogen and oxygen atoms in total. The molecule has 0 fully saturated rings. The normalized spacial score (nSPS) is 15.6. The average molecular weight is 615 g/mol. The Morgan fingerprint density at radius 1 is 0.615 bits per heavy atom. The number of carbonyl (C=O) groups excluding carboxylic acids is 5. The predicted octanol–water partition coefficient (Wildman–Crippen LogP) is -4.36. The van der Waals surface area contributed by atoms with E-state index in [0.717, 1.165) is 0 Å². The molecule has 0 spiro atoms. The predicted molar refractivity (Wildman–Crippen MR) is 150 cm³/mol. The van der Waals surface area contributed by atoms with Crippen LogP contribution in [-0.4, -0.2) is 118 Å². The summed E-state index contributed by atoms with van der Waals surface area (Å²) in [5, 5.41) is 39.5. The lowest BCUT2D eigenvalue weighted by Crippen LogP contribution is -2.60. The zero-order valence-electron chi connectivity index (χ0n) is 21.5. The van der Waals surface area contributed by atoms with Crippen LogP contribution in [0.4, 0.5) is 0 Å². The monoisotopic (exact) mass is 614 g/mol. The molecule has 6 atom stereocenters. The molecule has 0 aromatic carbocycles. The molecule has 0 saturated carbocycles. The van der Waals surface area contributed by atoms with Crippen molar-refractivity contribution in [2.75, 3.05) is 30.5 Å². The fraction of sp³-hybridized carbons (Fsp3) is 0.714. The summed E-state index contributed by atoms with van der Waals surface area (Å²) in [6, 6.07) is -7.86. The maximum Gasteiger partial charge on any atom is 0.327 e. The minimum Gasteiger partial charge on any atom is -0.480 e. The van der Waals surface area contributed by atoms with E-state index in [1.807, 2.05) is 0 Å². The summed E-state index contributed by atoms with van der Waals surface area (Å²) in [5.41, 5.74) is 5.56. The van der Waals surface area contributed by atoms with Crippen LogP contribution in [0.5, 0.6) is 0 Å². The molecule has 0 aliphatic heterocycles. The molecule has 0 aliphatic carbocycles. The Balaban J connectivity index is 5.48. The first-order chi connectivity index (χ1) is 18.2. The van der Waals surface area contributed by atoms with Crippen LogP contribution in [0.3, 0.4) is 0 Å². The van der Waals surface area contributed by atoms with Crippen LogP contribution in [-0.2, 0) is 28.8 Å². The number of aliphatic carboxylic acids is 1. The summed E-state index contributed by atoms with van der Waals surface area (Å²) >= 11 is 11.8. The molecule has 0 aromatic rings. The largest absolute Gasteiger partial charge is 0.480 e. The number of aliphatic hydroxyl groups is 2. The molecule has 0 unspecified atom stereocenters. The summed E-state index contributed by atoms with van der Waals surface area (Å²) in [4.78, 5) is 73.8. The van der Waals surface area contributed by atoms with Crippen LogP contribution in [0.25, 0.3) is 0 Å². The van der Waals surface area contributed by atoms with Crippen molar-refractivity contribution < 1.29 is 44.1 Å². The number of hydrogen-bond donors (Lipinski definition) is 12. The maximum atomic E-state index is 13.0. The molecule has 0 rings (SSSR count). The highest BCUT2D eigenvalue weighted by Gasteiger charge is 2.32. The third kappa shape index (κ3) is 13.1. The standard InChI is InChI=1S/C21H38N6O9S3/c1-9(2)3-11(23-18(32)12(4-28)24-16(30)10(22)6-37)17(31)26-14(7-38)20(34)25-13(5-29)19(33)27-15(8-39)21(35)36/h9-15,28-29,37-39H,3-8,22H2,1-2H3,(H,23,32)(H,24,30)(H,25,34)(H,26,31)(H,27,33)(H,35,36)/t10-,11-,12-,13-,14-,15-/m0/s1. The number of carboxylic acid groups (broad SMARTS) is 1. The summed E-state index contributed by atoms with van der Waals surface area (Å²) in [6.07, 6.45) is 0.114. The molecule has 18 heteroatoms. The Labute approximate surface area is 242 Å².